The zero-order chi connectivity index (χ0) is 9.68. The summed E-state index contributed by atoms with van der Waals surface area (Å²) in [5, 5.41) is 9.70. The Morgan fingerprint density at radius 2 is 2.15 bits per heavy atom. The Labute approximate surface area is 81.3 Å². The van der Waals surface area contributed by atoms with Crippen molar-refractivity contribution in [3.8, 4) is 0 Å². The van der Waals surface area contributed by atoms with Crippen molar-refractivity contribution in [2.75, 3.05) is 13.2 Å². The molecule has 0 saturated carbocycles. The van der Waals surface area contributed by atoms with Crippen LogP contribution in [0.4, 0.5) is 0 Å². The summed E-state index contributed by atoms with van der Waals surface area (Å²) in [4.78, 5) is 0. The first-order valence-corrected chi connectivity index (χ1v) is 5.44. The smallest absolute Gasteiger partial charge is 0.0543 e. The van der Waals surface area contributed by atoms with Gasteiger partial charge < -0.3 is 9.84 Å². The van der Waals surface area contributed by atoms with Gasteiger partial charge in [0.2, 0.25) is 0 Å². The third-order valence-corrected chi connectivity index (χ3v) is 2.71. The van der Waals surface area contributed by atoms with Crippen molar-refractivity contribution in [3.63, 3.8) is 0 Å². The summed E-state index contributed by atoms with van der Waals surface area (Å²) in [5.41, 5.74) is 0. The van der Waals surface area contributed by atoms with Crippen LogP contribution < -0.4 is 0 Å². The van der Waals surface area contributed by atoms with E-state index < -0.39 is 0 Å². The molecular weight excluding hydrogens is 164 g/mol. The molecule has 0 radical (unpaired) electrons. The standard InChI is InChI=1S/C11H22O2/c1-9(2)3-4-11(12)7-10-5-6-13-8-10/h9-12H,3-8H2,1-2H3. The van der Waals surface area contributed by atoms with Crippen LogP contribution in [0.15, 0.2) is 0 Å². The van der Waals surface area contributed by atoms with Gasteiger partial charge >= 0.3 is 0 Å². The van der Waals surface area contributed by atoms with Crippen molar-refractivity contribution in [1.29, 1.82) is 0 Å². The van der Waals surface area contributed by atoms with Crippen molar-refractivity contribution in [1.82, 2.24) is 0 Å². The highest BCUT2D eigenvalue weighted by Gasteiger charge is 2.19. The number of aliphatic hydroxyl groups is 1. The van der Waals surface area contributed by atoms with Gasteiger partial charge in [-0.25, -0.2) is 0 Å². The fourth-order valence-corrected chi connectivity index (χ4v) is 1.80. The second-order valence-corrected chi connectivity index (χ2v) is 4.59. The Morgan fingerprint density at radius 1 is 1.38 bits per heavy atom. The molecule has 13 heavy (non-hydrogen) atoms. The van der Waals surface area contributed by atoms with Crippen LogP contribution >= 0.6 is 0 Å². The molecule has 0 bridgehead atoms. The molecule has 0 aromatic heterocycles. The largest absolute Gasteiger partial charge is 0.393 e. The lowest BCUT2D eigenvalue weighted by molar-refractivity contribution is 0.116. The lowest BCUT2D eigenvalue weighted by Crippen LogP contribution is -2.14. The van der Waals surface area contributed by atoms with Crippen molar-refractivity contribution >= 4 is 0 Å². The van der Waals surface area contributed by atoms with E-state index in [0.717, 1.165) is 38.9 Å². The molecule has 1 N–H and O–H groups in total. The molecule has 2 atom stereocenters. The van der Waals surface area contributed by atoms with E-state index in [-0.39, 0.29) is 6.10 Å². The third kappa shape index (κ3) is 4.63. The Kier molecular flexibility index (Phi) is 4.74. The number of hydrogen-bond acceptors (Lipinski definition) is 2. The Bertz CT molecular complexity index is 128. The zero-order valence-corrected chi connectivity index (χ0v) is 8.83. The molecule has 2 nitrogen and oxygen atoms in total. The van der Waals surface area contributed by atoms with Gasteiger partial charge in [-0.1, -0.05) is 13.8 Å². The summed E-state index contributed by atoms with van der Waals surface area (Å²) in [6.45, 7) is 6.15. The number of rotatable bonds is 5. The SMILES string of the molecule is CC(C)CCC(O)CC1CCOC1. The van der Waals surface area contributed by atoms with Gasteiger partial charge in [0.15, 0.2) is 0 Å². The average molecular weight is 186 g/mol. The van der Waals surface area contributed by atoms with Crippen molar-refractivity contribution in [3.05, 3.63) is 0 Å². The minimum absolute atomic E-state index is 0.103. The van der Waals surface area contributed by atoms with Crippen LogP contribution in [0.25, 0.3) is 0 Å². The van der Waals surface area contributed by atoms with Gasteiger partial charge in [-0.3, -0.25) is 0 Å². The normalized spacial score (nSPS) is 25.4. The molecule has 1 rings (SSSR count). The van der Waals surface area contributed by atoms with E-state index in [4.69, 9.17) is 4.74 Å². The van der Waals surface area contributed by atoms with Crippen molar-refractivity contribution < 1.29 is 9.84 Å². The molecule has 0 aromatic rings. The first kappa shape index (κ1) is 11.0. The van der Waals surface area contributed by atoms with Crippen LogP contribution in [0, 0.1) is 11.8 Å². The molecule has 1 aliphatic heterocycles. The molecule has 0 amide bonds. The molecule has 0 aromatic carbocycles. The monoisotopic (exact) mass is 186 g/mol. The second-order valence-electron chi connectivity index (χ2n) is 4.59. The van der Waals surface area contributed by atoms with Gasteiger partial charge in [-0.15, -0.1) is 0 Å². The number of aliphatic hydroxyl groups excluding tert-OH is 1. The molecule has 1 aliphatic rings. The zero-order valence-electron chi connectivity index (χ0n) is 8.83. The maximum Gasteiger partial charge on any atom is 0.0543 e. The van der Waals surface area contributed by atoms with Gasteiger partial charge in [0.1, 0.15) is 0 Å². The number of ether oxygens (including phenoxy) is 1. The second kappa shape index (κ2) is 5.61. The van der Waals surface area contributed by atoms with Gasteiger partial charge in [0, 0.05) is 13.2 Å². The summed E-state index contributed by atoms with van der Waals surface area (Å²) in [6.07, 6.45) is 4.06. The predicted molar refractivity (Wildman–Crippen MR) is 53.6 cm³/mol. The van der Waals surface area contributed by atoms with Crippen LogP contribution in [-0.2, 0) is 4.74 Å². The summed E-state index contributed by atoms with van der Waals surface area (Å²) in [5.74, 6) is 1.32. The maximum absolute atomic E-state index is 9.70. The Balaban J connectivity index is 2.05. The summed E-state index contributed by atoms with van der Waals surface area (Å²) >= 11 is 0. The first-order valence-electron chi connectivity index (χ1n) is 5.44. The van der Waals surface area contributed by atoms with E-state index in [9.17, 15) is 5.11 Å². The van der Waals surface area contributed by atoms with Crippen LogP contribution in [0.2, 0.25) is 0 Å². The van der Waals surface area contributed by atoms with Crippen LogP contribution in [0.1, 0.15) is 39.5 Å². The van der Waals surface area contributed by atoms with Gasteiger partial charge in [0.05, 0.1) is 6.10 Å². The molecule has 2 heteroatoms. The highest BCUT2D eigenvalue weighted by Crippen LogP contribution is 2.20. The molecule has 2 unspecified atom stereocenters. The average Bonchev–Trinajstić information content (AvgIpc) is 2.53. The molecule has 1 heterocycles. The Hall–Kier alpha value is -0.0800. The highest BCUT2D eigenvalue weighted by atomic mass is 16.5. The fourth-order valence-electron chi connectivity index (χ4n) is 1.80. The molecule has 1 fully saturated rings. The van der Waals surface area contributed by atoms with Crippen LogP contribution in [0.5, 0.6) is 0 Å². The predicted octanol–water partition coefficient (Wildman–Crippen LogP) is 2.21. The quantitative estimate of drug-likeness (QED) is 0.713. The molecular formula is C11H22O2. The minimum Gasteiger partial charge on any atom is -0.393 e. The molecule has 1 saturated heterocycles. The molecule has 78 valence electrons. The van der Waals surface area contributed by atoms with E-state index in [1.165, 1.54) is 0 Å². The summed E-state index contributed by atoms with van der Waals surface area (Å²) in [6, 6.07) is 0. The Morgan fingerprint density at radius 3 is 2.69 bits per heavy atom. The van der Waals surface area contributed by atoms with E-state index >= 15 is 0 Å². The summed E-state index contributed by atoms with van der Waals surface area (Å²) < 4.78 is 5.27. The van der Waals surface area contributed by atoms with Crippen LogP contribution in [0.3, 0.4) is 0 Å². The highest BCUT2D eigenvalue weighted by molar-refractivity contribution is 4.69. The van der Waals surface area contributed by atoms with Crippen LogP contribution in [-0.4, -0.2) is 24.4 Å². The minimum atomic E-state index is -0.103. The van der Waals surface area contributed by atoms with Gasteiger partial charge in [-0.2, -0.15) is 0 Å². The first-order chi connectivity index (χ1) is 6.18. The van der Waals surface area contributed by atoms with E-state index in [0.29, 0.717) is 11.8 Å². The number of hydrogen-bond donors (Lipinski definition) is 1. The third-order valence-electron chi connectivity index (χ3n) is 2.71. The van der Waals surface area contributed by atoms with E-state index in [1.54, 1.807) is 0 Å². The van der Waals surface area contributed by atoms with Crippen molar-refractivity contribution in [2.45, 2.75) is 45.6 Å². The van der Waals surface area contributed by atoms with Gasteiger partial charge in [-0.05, 0) is 37.5 Å². The van der Waals surface area contributed by atoms with Gasteiger partial charge in [0.25, 0.3) is 0 Å². The fraction of sp³-hybridized carbons (Fsp3) is 1.00. The van der Waals surface area contributed by atoms with Crippen molar-refractivity contribution in [2.24, 2.45) is 11.8 Å². The maximum atomic E-state index is 9.70. The summed E-state index contributed by atoms with van der Waals surface area (Å²) in [7, 11) is 0. The molecule has 0 aliphatic carbocycles. The topological polar surface area (TPSA) is 29.5 Å². The molecule has 0 spiro atoms. The lowest BCUT2D eigenvalue weighted by atomic mass is 9.96. The lowest BCUT2D eigenvalue weighted by Gasteiger charge is -2.15. The van der Waals surface area contributed by atoms with E-state index in [1.807, 2.05) is 0 Å². The van der Waals surface area contributed by atoms with E-state index in [2.05, 4.69) is 13.8 Å².